The van der Waals surface area contributed by atoms with Crippen molar-refractivity contribution in [3.63, 3.8) is 0 Å². The highest BCUT2D eigenvalue weighted by Crippen LogP contribution is 2.19. The van der Waals surface area contributed by atoms with Crippen molar-refractivity contribution >= 4 is 17.7 Å². The predicted octanol–water partition coefficient (Wildman–Crippen LogP) is 2.61. The Morgan fingerprint density at radius 2 is 2.16 bits per heavy atom. The number of hydrogen-bond acceptors (Lipinski definition) is 6. The summed E-state index contributed by atoms with van der Waals surface area (Å²) in [4.78, 5) is 19.8. The first-order chi connectivity index (χ1) is 9.10. The van der Waals surface area contributed by atoms with Crippen LogP contribution in [0.1, 0.15) is 28.8 Å². The molecule has 2 heterocycles. The number of pyridine rings is 1. The SMILES string of the molecule is CCOC(=O)c1coc(Nc2ccc(C)nc2C)n1. The highest BCUT2D eigenvalue weighted by Gasteiger charge is 2.13. The number of esters is 1. The number of oxazole rings is 1. The molecular weight excluding hydrogens is 246 g/mol. The number of hydrogen-bond donors (Lipinski definition) is 1. The van der Waals surface area contributed by atoms with Crippen LogP contribution in [-0.4, -0.2) is 22.5 Å². The van der Waals surface area contributed by atoms with E-state index in [1.165, 1.54) is 6.26 Å². The number of rotatable bonds is 4. The molecule has 0 spiro atoms. The van der Waals surface area contributed by atoms with Gasteiger partial charge in [-0.25, -0.2) is 4.79 Å². The van der Waals surface area contributed by atoms with Gasteiger partial charge in [-0.2, -0.15) is 4.98 Å². The van der Waals surface area contributed by atoms with Gasteiger partial charge in [-0.3, -0.25) is 4.98 Å². The topological polar surface area (TPSA) is 77.2 Å². The Hall–Kier alpha value is -2.37. The first kappa shape index (κ1) is 13.1. The molecule has 0 radical (unpaired) electrons. The first-order valence-electron chi connectivity index (χ1n) is 5.94. The van der Waals surface area contributed by atoms with Crippen LogP contribution in [0.3, 0.4) is 0 Å². The van der Waals surface area contributed by atoms with Gasteiger partial charge in [0.05, 0.1) is 18.0 Å². The molecule has 0 saturated carbocycles. The predicted molar refractivity (Wildman–Crippen MR) is 69.5 cm³/mol. The van der Waals surface area contributed by atoms with Crippen molar-refractivity contribution < 1.29 is 13.9 Å². The minimum absolute atomic E-state index is 0.141. The maximum absolute atomic E-state index is 11.4. The summed E-state index contributed by atoms with van der Waals surface area (Å²) in [5.41, 5.74) is 2.68. The summed E-state index contributed by atoms with van der Waals surface area (Å²) < 4.78 is 10.00. The van der Waals surface area contributed by atoms with Crippen molar-refractivity contribution in [1.29, 1.82) is 0 Å². The summed E-state index contributed by atoms with van der Waals surface area (Å²) in [6.45, 7) is 5.83. The number of carbonyl (C=O) groups excluding carboxylic acids is 1. The van der Waals surface area contributed by atoms with E-state index in [9.17, 15) is 4.79 Å². The monoisotopic (exact) mass is 261 g/mol. The number of anilines is 2. The summed E-state index contributed by atoms with van der Waals surface area (Å²) >= 11 is 0. The van der Waals surface area contributed by atoms with Gasteiger partial charge in [0.25, 0.3) is 6.01 Å². The maximum atomic E-state index is 11.4. The van der Waals surface area contributed by atoms with Gasteiger partial charge >= 0.3 is 5.97 Å². The fraction of sp³-hybridized carbons (Fsp3) is 0.308. The third-order valence-corrected chi connectivity index (χ3v) is 2.46. The molecule has 2 aromatic rings. The molecule has 19 heavy (non-hydrogen) atoms. The largest absolute Gasteiger partial charge is 0.461 e. The third-order valence-electron chi connectivity index (χ3n) is 2.46. The Labute approximate surface area is 110 Å². The number of carbonyl (C=O) groups is 1. The van der Waals surface area contributed by atoms with Gasteiger partial charge in [-0.15, -0.1) is 0 Å². The quantitative estimate of drug-likeness (QED) is 0.852. The average molecular weight is 261 g/mol. The van der Waals surface area contributed by atoms with E-state index in [0.717, 1.165) is 17.1 Å². The number of aryl methyl sites for hydroxylation is 2. The molecule has 0 unspecified atom stereocenters. The Morgan fingerprint density at radius 3 is 2.84 bits per heavy atom. The van der Waals surface area contributed by atoms with Crippen molar-refractivity contribution in [2.75, 3.05) is 11.9 Å². The van der Waals surface area contributed by atoms with Crippen LogP contribution in [0, 0.1) is 13.8 Å². The second-order valence-corrected chi connectivity index (χ2v) is 3.97. The molecule has 0 aromatic carbocycles. The van der Waals surface area contributed by atoms with Crippen LogP contribution in [0.4, 0.5) is 11.7 Å². The molecular formula is C13H15N3O3. The van der Waals surface area contributed by atoms with Crippen LogP contribution < -0.4 is 5.32 Å². The molecule has 0 atom stereocenters. The van der Waals surface area contributed by atoms with Crippen LogP contribution in [0.2, 0.25) is 0 Å². The molecule has 0 bridgehead atoms. The van der Waals surface area contributed by atoms with Crippen LogP contribution >= 0.6 is 0 Å². The number of nitrogens with one attached hydrogen (secondary N) is 1. The molecule has 0 fully saturated rings. The van der Waals surface area contributed by atoms with Gasteiger partial charge in [0.1, 0.15) is 6.26 Å². The Balaban J connectivity index is 2.13. The van der Waals surface area contributed by atoms with E-state index in [2.05, 4.69) is 15.3 Å². The van der Waals surface area contributed by atoms with Crippen LogP contribution in [0.15, 0.2) is 22.8 Å². The van der Waals surface area contributed by atoms with Gasteiger partial charge in [-0.05, 0) is 32.9 Å². The Morgan fingerprint density at radius 1 is 1.37 bits per heavy atom. The van der Waals surface area contributed by atoms with E-state index < -0.39 is 5.97 Å². The van der Waals surface area contributed by atoms with Crippen molar-refractivity contribution in [1.82, 2.24) is 9.97 Å². The summed E-state index contributed by atoms with van der Waals surface area (Å²) in [6.07, 6.45) is 1.26. The van der Waals surface area contributed by atoms with E-state index in [1.54, 1.807) is 6.92 Å². The first-order valence-corrected chi connectivity index (χ1v) is 5.94. The van der Waals surface area contributed by atoms with Gasteiger partial charge in [0.2, 0.25) is 0 Å². The zero-order valence-electron chi connectivity index (χ0n) is 11.1. The second kappa shape index (κ2) is 5.51. The lowest BCUT2D eigenvalue weighted by atomic mass is 10.3. The molecule has 0 aliphatic rings. The molecule has 2 rings (SSSR count). The molecule has 1 N–H and O–H groups in total. The molecule has 100 valence electrons. The third kappa shape index (κ3) is 3.09. The highest BCUT2D eigenvalue weighted by atomic mass is 16.5. The summed E-state index contributed by atoms with van der Waals surface area (Å²) in [5.74, 6) is -0.502. The van der Waals surface area contributed by atoms with Gasteiger partial charge in [0, 0.05) is 5.69 Å². The van der Waals surface area contributed by atoms with E-state index in [1.807, 2.05) is 26.0 Å². The lowest BCUT2D eigenvalue weighted by molar-refractivity contribution is 0.0519. The summed E-state index contributed by atoms with van der Waals surface area (Å²) in [5, 5.41) is 2.97. The van der Waals surface area contributed by atoms with Crippen molar-refractivity contribution in [3.8, 4) is 0 Å². The van der Waals surface area contributed by atoms with E-state index in [4.69, 9.17) is 9.15 Å². The number of nitrogens with zero attached hydrogens (tertiary/aromatic N) is 2. The minimum Gasteiger partial charge on any atom is -0.461 e. The second-order valence-electron chi connectivity index (χ2n) is 3.97. The number of ether oxygens (including phenoxy) is 1. The Bertz CT molecular complexity index is 593. The summed E-state index contributed by atoms with van der Waals surface area (Å²) in [7, 11) is 0. The van der Waals surface area contributed by atoms with Crippen LogP contribution in [0.5, 0.6) is 0 Å². The summed E-state index contributed by atoms with van der Waals surface area (Å²) in [6, 6.07) is 3.99. The molecule has 2 aromatic heterocycles. The lowest BCUT2D eigenvalue weighted by Gasteiger charge is -2.05. The van der Waals surface area contributed by atoms with Crippen molar-refractivity contribution in [2.24, 2.45) is 0 Å². The smallest absolute Gasteiger partial charge is 0.360 e. The van der Waals surface area contributed by atoms with Gasteiger partial charge < -0.3 is 14.5 Å². The number of aromatic nitrogens is 2. The minimum atomic E-state index is -0.502. The van der Waals surface area contributed by atoms with E-state index in [0.29, 0.717) is 6.61 Å². The van der Waals surface area contributed by atoms with E-state index in [-0.39, 0.29) is 11.7 Å². The fourth-order valence-electron chi connectivity index (χ4n) is 1.56. The molecule has 0 saturated heterocycles. The van der Waals surface area contributed by atoms with Crippen LogP contribution in [-0.2, 0) is 4.74 Å². The molecule has 0 aliphatic carbocycles. The lowest BCUT2D eigenvalue weighted by Crippen LogP contribution is -2.05. The van der Waals surface area contributed by atoms with Crippen molar-refractivity contribution in [3.05, 3.63) is 35.5 Å². The zero-order chi connectivity index (χ0) is 13.8. The van der Waals surface area contributed by atoms with Gasteiger partial charge in [-0.1, -0.05) is 0 Å². The fourth-order valence-corrected chi connectivity index (χ4v) is 1.56. The molecule has 6 nitrogen and oxygen atoms in total. The van der Waals surface area contributed by atoms with Gasteiger partial charge in [0.15, 0.2) is 5.69 Å². The van der Waals surface area contributed by atoms with Crippen LogP contribution in [0.25, 0.3) is 0 Å². The molecule has 6 heteroatoms. The van der Waals surface area contributed by atoms with Crippen molar-refractivity contribution in [2.45, 2.75) is 20.8 Å². The van der Waals surface area contributed by atoms with E-state index >= 15 is 0 Å². The standard InChI is InChI=1S/C13H15N3O3/c1-4-18-12(17)11-7-19-13(16-11)15-10-6-5-8(2)14-9(10)3/h5-7H,4H2,1-3H3,(H,15,16). The molecule has 0 aliphatic heterocycles. The molecule has 0 amide bonds. The average Bonchev–Trinajstić information content (AvgIpc) is 2.82. The highest BCUT2D eigenvalue weighted by molar-refractivity contribution is 5.87. The zero-order valence-corrected chi connectivity index (χ0v) is 11.1. The maximum Gasteiger partial charge on any atom is 0.360 e. The Kier molecular flexibility index (Phi) is 3.79. The normalized spacial score (nSPS) is 10.3.